The second-order valence-corrected chi connectivity index (χ2v) is 10.3. The maximum atomic E-state index is 11.5. The summed E-state index contributed by atoms with van der Waals surface area (Å²) in [5.74, 6) is -1.06. The van der Waals surface area contributed by atoms with Crippen LogP contribution in [0.1, 0.15) is 38.3 Å². The first-order valence-electron chi connectivity index (χ1n) is 13.1. The van der Waals surface area contributed by atoms with E-state index in [-0.39, 0.29) is 11.1 Å². The van der Waals surface area contributed by atoms with Crippen molar-refractivity contribution < 1.29 is 9.90 Å². The molecule has 0 saturated carbocycles. The lowest BCUT2D eigenvalue weighted by molar-refractivity contribution is -0.130. The molecule has 5 heteroatoms. The number of benzene rings is 4. The fraction of sp³-hybridized carbons (Fsp3) is 0. The summed E-state index contributed by atoms with van der Waals surface area (Å²) in [7, 11) is 0. The lowest BCUT2D eigenvalue weighted by Gasteiger charge is -2.19. The predicted octanol–water partition coefficient (Wildman–Crippen LogP) is 8.70. The third-order valence-corrected chi connectivity index (χ3v) is 7.75. The highest BCUT2D eigenvalue weighted by Crippen LogP contribution is 2.38. The molecule has 200 valence electrons. The van der Waals surface area contributed by atoms with Gasteiger partial charge in [-0.25, -0.2) is 4.79 Å². The van der Waals surface area contributed by atoms with Crippen molar-refractivity contribution in [3.05, 3.63) is 177 Å². The topological polar surface area (TPSA) is 84.9 Å². The fourth-order valence-electron chi connectivity index (χ4n) is 4.85. The Morgan fingerprint density at radius 2 is 0.976 bits per heavy atom. The van der Waals surface area contributed by atoms with E-state index in [4.69, 9.17) is 0 Å². The van der Waals surface area contributed by atoms with Crippen molar-refractivity contribution in [1.29, 1.82) is 10.5 Å². The Hall–Kier alpha value is -5.75. The Labute approximate surface area is 248 Å². The molecule has 0 atom stereocenters. The van der Waals surface area contributed by atoms with Gasteiger partial charge in [0.1, 0.15) is 17.7 Å². The summed E-state index contributed by atoms with van der Waals surface area (Å²) in [5.41, 5.74) is 7.88. The van der Waals surface area contributed by atoms with Gasteiger partial charge >= 0.3 is 5.97 Å². The number of carboxylic acid groups (broad SMARTS) is 1. The third-order valence-electron chi connectivity index (χ3n) is 6.86. The normalized spacial score (nSPS) is 11.0. The van der Waals surface area contributed by atoms with E-state index >= 15 is 0 Å². The number of thiophene rings is 1. The second kappa shape index (κ2) is 12.6. The summed E-state index contributed by atoms with van der Waals surface area (Å²) in [6.07, 6.45) is 0. The maximum Gasteiger partial charge on any atom is 0.335 e. The SMILES string of the molecule is C=C(C(=O)O)c1ccc(/C(=C(\c2ccccc2)c2ccc(C(=C(C#N)C#N)c3cccs3)cc2)c2ccccc2)cc1. The molecule has 1 N–H and O–H groups in total. The number of hydrogen-bond acceptors (Lipinski definition) is 4. The molecule has 0 aliphatic rings. The summed E-state index contributed by atoms with van der Waals surface area (Å²) in [6.45, 7) is 3.70. The Morgan fingerprint density at radius 1 is 0.571 bits per heavy atom. The molecular formula is C37H24N2O2S. The summed E-state index contributed by atoms with van der Waals surface area (Å²) < 4.78 is 0. The molecule has 0 aliphatic carbocycles. The van der Waals surface area contributed by atoms with Gasteiger partial charge in [0, 0.05) is 10.5 Å². The zero-order valence-corrected chi connectivity index (χ0v) is 23.3. The van der Waals surface area contributed by atoms with E-state index in [1.807, 2.05) is 90.3 Å². The van der Waals surface area contributed by atoms with Crippen LogP contribution in [0.25, 0.3) is 22.3 Å². The second-order valence-electron chi connectivity index (χ2n) is 9.37. The number of hydrogen-bond donors (Lipinski definition) is 1. The average Bonchev–Trinajstić information content (AvgIpc) is 3.58. The van der Waals surface area contributed by atoms with Crippen molar-refractivity contribution in [1.82, 2.24) is 0 Å². The van der Waals surface area contributed by atoms with Gasteiger partial charge in [0.2, 0.25) is 0 Å². The van der Waals surface area contributed by atoms with E-state index in [0.717, 1.165) is 43.8 Å². The minimum absolute atomic E-state index is 0.0365. The lowest BCUT2D eigenvalue weighted by atomic mass is 9.85. The first-order chi connectivity index (χ1) is 20.5. The minimum Gasteiger partial charge on any atom is -0.478 e. The number of allylic oxidation sites excluding steroid dienone is 1. The minimum atomic E-state index is -1.06. The molecule has 1 heterocycles. The fourth-order valence-corrected chi connectivity index (χ4v) is 5.65. The van der Waals surface area contributed by atoms with Crippen molar-refractivity contribution in [3.63, 3.8) is 0 Å². The highest BCUT2D eigenvalue weighted by Gasteiger charge is 2.18. The molecule has 0 saturated heterocycles. The van der Waals surface area contributed by atoms with Crippen LogP contribution in [0.3, 0.4) is 0 Å². The van der Waals surface area contributed by atoms with Gasteiger partial charge in [0.25, 0.3) is 0 Å². The van der Waals surface area contributed by atoms with E-state index in [0.29, 0.717) is 11.1 Å². The Bertz CT molecular complexity index is 1870. The molecule has 0 aliphatic heterocycles. The first kappa shape index (κ1) is 27.8. The molecule has 0 radical (unpaired) electrons. The monoisotopic (exact) mass is 560 g/mol. The molecule has 0 bridgehead atoms. The van der Waals surface area contributed by atoms with E-state index in [2.05, 4.69) is 43.0 Å². The van der Waals surface area contributed by atoms with Crippen molar-refractivity contribution in [2.24, 2.45) is 0 Å². The number of carboxylic acids is 1. The van der Waals surface area contributed by atoms with Gasteiger partial charge in [0.05, 0.1) is 5.57 Å². The molecule has 42 heavy (non-hydrogen) atoms. The van der Waals surface area contributed by atoms with E-state index in [9.17, 15) is 20.4 Å². The Kier molecular flexibility index (Phi) is 8.35. The summed E-state index contributed by atoms with van der Waals surface area (Å²) in [6, 6.07) is 43.4. The van der Waals surface area contributed by atoms with E-state index < -0.39 is 5.97 Å². The molecule has 0 fully saturated rings. The maximum absolute atomic E-state index is 11.5. The van der Waals surface area contributed by atoms with Crippen LogP contribution in [0.5, 0.6) is 0 Å². The van der Waals surface area contributed by atoms with E-state index in [1.165, 1.54) is 11.3 Å². The molecule has 5 aromatic rings. The lowest BCUT2D eigenvalue weighted by Crippen LogP contribution is -2.00. The molecule has 4 nitrogen and oxygen atoms in total. The number of aliphatic carboxylic acids is 1. The van der Waals surface area contributed by atoms with Crippen LogP contribution in [0.4, 0.5) is 0 Å². The number of rotatable bonds is 8. The third kappa shape index (κ3) is 5.74. The molecule has 0 unspecified atom stereocenters. The Morgan fingerprint density at radius 3 is 1.36 bits per heavy atom. The van der Waals surface area contributed by atoms with Crippen molar-refractivity contribution in [3.8, 4) is 12.1 Å². The van der Waals surface area contributed by atoms with Crippen LogP contribution in [0.15, 0.2) is 139 Å². The zero-order valence-electron chi connectivity index (χ0n) is 22.5. The quantitative estimate of drug-likeness (QED) is 0.117. The van der Waals surface area contributed by atoms with Gasteiger partial charge in [-0.1, -0.05) is 122 Å². The molecule has 5 rings (SSSR count). The van der Waals surface area contributed by atoms with Crippen LogP contribution >= 0.6 is 11.3 Å². The number of carbonyl (C=O) groups is 1. The standard InChI is InChI=1S/C37H24N2O2S/c1-25(37(40)41)26-14-16-30(17-15-26)35(27-9-4-2-5-10-27)36(28-11-6-3-7-12-28)31-20-18-29(19-21-31)34(32(23-38)24-39)33-13-8-22-42-33/h2-22H,1H2,(H,40,41)/b36-35+. The van der Waals surface area contributed by atoms with Gasteiger partial charge in [-0.15, -0.1) is 11.3 Å². The van der Waals surface area contributed by atoms with Crippen LogP contribution < -0.4 is 0 Å². The average molecular weight is 561 g/mol. The van der Waals surface area contributed by atoms with Crippen LogP contribution in [-0.4, -0.2) is 11.1 Å². The van der Waals surface area contributed by atoms with Gasteiger partial charge in [0.15, 0.2) is 0 Å². The highest BCUT2D eigenvalue weighted by molar-refractivity contribution is 7.11. The van der Waals surface area contributed by atoms with Crippen molar-refractivity contribution >= 4 is 39.6 Å². The molecule has 4 aromatic carbocycles. The van der Waals surface area contributed by atoms with Crippen LogP contribution in [0, 0.1) is 22.7 Å². The highest BCUT2D eigenvalue weighted by atomic mass is 32.1. The van der Waals surface area contributed by atoms with Gasteiger partial charge < -0.3 is 5.11 Å². The predicted molar refractivity (Wildman–Crippen MR) is 169 cm³/mol. The summed E-state index contributed by atoms with van der Waals surface area (Å²) >= 11 is 1.48. The largest absolute Gasteiger partial charge is 0.478 e. The smallest absolute Gasteiger partial charge is 0.335 e. The van der Waals surface area contributed by atoms with Crippen molar-refractivity contribution in [2.75, 3.05) is 0 Å². The zero-order chi connectivity index (χ0) is 29.5. The van der Waals surface area contributed by atoms with Gasteiger partial charge in [-0.05, 0) is 56.0 Å². The number of nitriles is 2. The summed E-state index contributed by atoms with van der Waals surface area (Å²) in [4.78, 5) is 12.4. The van der Waals surface area contributed by atoms with Gasteiger partial charge in [-0.2, -0.15) is 10.5 Å². The van der Waals surface area contributed by atoms with Gasteiger partial charge in [-0.3, -0.25) is 0 Å². The molecular weight excluding hydrogens is 536 g/mol. The molecule has 0 amide bonds. The van der Waals surface area contributed by atoms with E-state index in [1.54, 1.807) is 12.1 Å². The van der Waals surface area contributed by atoms with Crippen LogP contribution in [0.2, 0.25) is 0 Å². The first-order valence-corrected chi connectivity index (χ1v) is 14.0. The van der Waals surface area contributed by atoms with Crippen molar-refractivity contribution in [2.45, 2.75) is 0 Å². The Balaban J connectivity index is 1.75. The van der Waals surface area contributed by atoms with Crippen LogP contribution in [-0.2, 0) is 4.79 Å². The summed E-state index contributed by atoms with van der Waals surface area (Å²) in [5, 5.41) is 30.7. The molecule has 0 spiro atoms. The number of nitrogens with zero attached hydrogens (tertiary/aromatic N) is 2. The molecule has 1 aromatic heterocycles.